The fourth-order valence-electron chi connectivity index (χ4n) is 6.02. The van der Waals surface area contributed by atoms with Crippen LogP contribution in [0.3, 0.4) is 0 Å². The van der Waals surface area contributed by atoms with E-state index in [0.29, 0.717) is 48.1 Å². The Hall–Kier alpha value is -0.610. The highest BCUT2D eigenvalue weighted by molar-refractivity contribution is 5.74. The van der Waals surface area contributed by atoms with Crippen LogP contribution in [0.4, 0.5) is 0 Å². The molecule has 0 amide bonds. The van der Waals surface area contributed by atoms with Crippen LogP contribution in [-0.4, -0.2) is 35.5 Å². The van der Waals surface area contributed by atoms with Crippen LogP contribution in [0.25, 0.3) is 0 Å². The zero-order valence-corrected chi connectivity index (χ0v) is 16.7. The fourth-order valence-corrected chi connectivity index (χ4v) is 6.02. The largest absolute Gasteiger partial charge is 0.481 e. The SMILES string of the molecule is CCCCC(CC1CC2OC2CC1C)(CC1CC2OC2CC1C)C(=O)O. The highest BCUT2D eigenvalue weighted by atomic mass is 16.6. The minimum atomic E-state index is -0.558. The Morgan fingerprint density at radius 3 is 1.81 bits per heavy atom. The molecule has 4 rings (SSSR count). The van der Waals surface area contributed by atoms with E-state index in [0.717, 1.165) is 57.8 Å². The Kier molecular flexibility index (Phi) is 5.11. The molecule has 2 saturated carbocycles. The molecule has 4 heteroatoms. The zero-order chi connectivity index (χ0) is 18.5. The van der Waals surface area contributed by atoms with E-state index in [1.807, 2.05) is 0 Å². The van der Waals surface area contributed by atoms with Gasteiger partial charge in [-0.2, -0.15) is 0 Å². The molecule has 0 aromatic rings. The Labute approximate surface area is 158 Å². The summed E-state index contributed by atoms with van der Waals surface area (Å²) in [6, 6.07) is 0. The first kappa shape index (κ1) is 18.7. The van der Waals surface area contributed by atoms with E-state index in [1.54, 1.807) is 0 Å². The first-order valence-corrected chi connectivity index (χ1v) is 11.0. The molecule has 0 aromatic heterocycles. The highest BCUT2D eigenvalue weighted by Gasteiger charge is 2.53. The first-order chi connectivity index (χ1) is 12.4. The lowest BCUT2D eigenvalue weighted by Crippen LogP contribution is -2.40. The predicted octanol–water partition coefficient (Wildman–Crippen LogP) is 4.65. The monoisotopic (exact) mass is 364 g/mol. The predicted molar refractivity (Wildman–Crippen MR) is 99.9 cm³/mol. The maximum Gasteiger partial charge on any atom is 0.309 e. The summed E-state index contributed by atoms with van der Waals surface area (Å²) >= 11 is 0. The molecule has 2 heterocycles. The maximum absolute atomic E-state index is 12.6. The van der Waals surface area contributed by atoms with E-state index in [4.69, 9.17) is 9.47 Å². The number of hydrogen-bond donors (Lipinski definition) is 1. The van der Waals surface area contributed by atoms with Crippen LogP contribution >= 0.6 is 0 Å². The average molecular weight is 365 g/mol. The van der Waals surface area contributed by atoms with Crippen molar-refractivity contribution in [2.24, 2.45) is 29.1 Å². The molecule has 0 bridgehead atoms. The summed E-state index contributed by atoms with van der Waals surface area (Å²) in [6.45, 7) is 6.78. The van der Waals surface area contributed by atoms with E-state index < -0.39 is 11.4 Å². The molecular weight excluding hydrogens is 328 g/mol. The molecule has 26 heavy (non-hydrogen) atoms. The molecule has 2 aliphatic carbocycles. The Morgan fingerprint density at radius 2 is 1.38 bits per heavy atom. The van der Waals surface area contributed by atoms with Crippen LogP contribution in [0, 0.1) is 29.1 Å². The molecule has 2 aliphatic heterocycles. The van der Waals surface area contributed by atoms with Crippen molar-refractivity contribution in [1.29, 1.82) is 0 Å². The van der Waals surface area contributed by atoms with E-state index in [2.05, 4.69) is 20.8 Å². The number of hydrogen-bond acceptors (Lipinski definition) is 3. The lowest BCUT2D eigenvalue weighted by Gasteiger charge is -2.40. The highest BCUT2D eigenvalue weighted by Crippen LogP contribution is 2.52. The standard InChI is InChI=1S/C22H36O4/c1-4-5-6-22(21(23)24,11-15-9-19-17(25-19)7-13(15)2)12-16-10-20-18(26-20)8-14(16)3/h13-20H,4-12H2,1-3H3,(H,23,24). The van der Waals surface area contributed by atoms with Crippen LogP contribution in [0.2, 0.25) is 0 Å². The van der Waals surface area contributed by atoms with Crippen LogP contribution in [-0.2, 0) is 14.3 Å². The van der Waals surface area contributed by atoms with Gasteiger partial charge in [-0.1, -0.05) is 33.6 Å². The average Bonchev–Trinajstić information content (AvgIpc) is 3.49. The first-order valence-electron chi connectivity index (χ1n) is 11.0. The molecule has 8 atom stereocenters. The number of rotatable bonds is 8. The summed E-state index contributed by atoms with van der Waals surface area (Å²) in [5.74, 6) is 1.60. The molecular formula is C22H36O4. The van der Waals surface area contributed by atoms with Gasteiger partial charge < -0.3 is 14.6 Å². The minimum Gasteiger partial charge on any atom is -0.481 e. The summed E-state index contributed by atoms with van der Waals surface area (Å²) in [5, 5.41) is 10.4. The molecule has 4 aliphatic rings. The van der Waals surface area contributed by atoms with Gasteiger partial charge in [0.1, 0.15) is 0 Å². The van der Waals surface area contributed by atoms with Gasteiger partial charge in [-0.25, -0.2) is 0 Å². The lowest BCUT2D eigenvalue weighted by molar-refractivity contribution is -0.153. The smallest absolute Gasteiger partial charge is 0.309 e. The molecule has 8 unspecified atom stereocenters. The molecule has 0 radical (unpaired) electrons. The molecule has 148 valence electrons. The summed E-state index contributed by atoms with van der Waals surface area (Å²) < 4.78 is 11.5. The van der Waals surface area contributed by atoms with Crippen molar-refractivity contribution in [3.05, 3.63) is 0 Å². The van der Waals surface area contributed by atoms with Gasteiger partial charge in [-0.15, -0.1) is 0 Å². The van der Waals surface area contributed by atoms with Crippen LogP contribution < -0.4 is 0 Å². The Balaban J connectivity index is 1.50. The number of epoxide rings is 2. The number of unbranched alkanes of at least 4 members (excludes halogenated alkanes) is 1. The zero-order valence-electron chi connectivity index (χ0n) is 16.7. The van der Waals surface area contributed by atoms with Crippen molar-refractivity contribution in [3.8, 4) is 0 Å². The Bertz CT molecular complexity index is 498. The number of carbonyl (C=O) groups is 1. The van der Waals surface area contributed by atoms with Gasteiger partial charge in [-0.05, 0) is 68.6 Å². The maximum atomic E-state index is 12.6. The lowest BCUT2D eigenvalue weighted by atomic mass is 9.62. The number of carboxylic acids is 1. The van der Waals surface area contributed by atoms with Crippen molar-refractivity contribution in [2.75, 3.05) is 0 Å². The minimum absolute atomic E-state index is 0.420. The fraction of sp³-hybridized carbons (Fsp3) is 0.955. The van der Waals surface area contributed by atoms with E-state index >= 15 is 0 Å². The van der Waals surface area contributed by atoms with Crippen molar-refractivity contribution in [1.82, 2.24) is 0 Å². The number of ether oxygens (including phenoxy) is 2. The van der Waals surface area contributed by atoms with Gasteiger partial charge in [0.25, 0.3) is 0 Å². The van der Waals surface area contributed by atoms with Gasteiger partial charge in [0.2, 0.25) is 0 Å². The second kappa shape index (κ2) is 7.09. The van der Waals surface area contributed by atoms with Crippen molar-refractivity contribution >= 4 is 5.97 Å². The molecule has 4 fully saturated rings. The summed E-state index contributed by atoms with van der Waals surface area (Å²) in [4.78, 5) is 12.6. The van der Waals surface area contributed by atoms with Crippen molar-refractivity contribution < 1.29 is 19.4 Å². The van der Waals surface area contributed by atoms with E-state index in [-0.39, 0.29) is 0 Å². The topological polar surface area (TPSA) is 62.4 Å². The molecule has 0 aromatic carbocycles. The van der Waals surface area contributed by atoms with Gasteiger partial charge in [-0.3, -0.25) is 4.79 Å². The van der Waals surface area contributed by atoms with Crippen LogP contribution in [0.1, 0.15) is 78.6 Å². The van der Waals surface area contributed by atoms with Gasteiger partial charge in [0.05, 0.1) is 29.8 Å². The second-order valence-electron chi connectivity index (χ2n) is 9.94. The van der Waals surface area contributed by atoms with Gasteiger partial charge >= 0.3 is 5.97 Å². The normalized spacial score (nSPS) is 46.0. The summed E-state index contributed by atoms with van der Waals surface area (Å²) in [6.07, 6.45) is 10.8. The van der Waals surface area contributed by atoms with E-state index in [9.17, 15) is 9.90 Å². The summed E-state index contributed by atoms with van der Waals surface area (Å²) in [7, 11) is 0. The van der Waals surface area contributed by atoms with Gasteiger partial charge in [0, 0.05) is 0 Å². The van der Waals surface area contributed by atoms with Gasteiger partial charge in [0.15, 0.2) is 0 Å². The molecule has 0 spiro atoms. The number of aliphatic carboxylic acids is 1. The third kappa shape index (κ3) is 3.69. The second-order valence-corrected chi connectivity index (χ2v) is 9.94. The molecule has 1 N–H and O–H groups in total. The van der Waals surface area contributed by atoms with E-state index in [1.165, 1.54) is 0 Å². The van der Waals surface area contributed by atoms with Crippen LogP contribution in [0.15, 0.2) is 0 Å². The summed E-state index contributed by atoms with van der Waals surface area (Å²) in [5.41, 5.74) is -0.558. The molecule has 2 saturated heterocycles. The van der Waals surface area contributed by atoms with Crippen molar-refractivity contribution in [3.63, 3.8) is 0 Å². The third-order valence-corrected chi connectivity index (χ3v) is 8.03. The third-order valence-electron chi connectivity index (χ3n) is 8.03. The number of carboxylic acid groups (broad SMARTS) is 1. The molecule has 4 nitrogen and oxygen atoms in total. The van der Waals surface area contributed by atoms with Crippen LogP contribution in [0.5, 0.6) is 0 Å². The number of fused-ring (bicyclic) bond motifs is 2. The Morgan fingerprint density at radius 1 is 0.923 bits per heavy atom. The quantitative estimate of drug-likeness (QED) is 0.637. The van der Waals surface area contributed by atoms with Crippen molar-refractivity contribution in [2.45, 2.75) is 103 Å².